The second kappa shape index (κ2) is 6.18. The lowest BCUT2D eigenvalue weighted by Crippen LogP contribution is -2.12. The maximum Gasteiger partial charge on any atom is 0.355 e. The molecule has 0 aliphatic carbocycles. The van der Waals surface area contributed by atoms with E-state index in [1.54, 1.807) is 24.4 Å². The second-order valence-electron chi connectivity index (χ2n) is 4.73. The molecule has 116 valence electrons. The molecule has 0 unspecified atom stereocenters. The number of halogens is 1. The summed E-state index contributed by atoms with van der Waals surface area (Å²) < 4.78 is 6.80. The van der Waals surface area contributed by atoms with Crippen LogP contribution in [0.3, 0.4) is 0 Å². The number of carbonyl (C=O) groups is 1. The van der Waals surface area contributed by atoms with Gasteiger partial charge in [0.15, 0.2) is 0 Å². The Morgan fingerprint density at radius 2 is 2.05 bits per heavy atom. The molecule has 1 aromatic carbocycles. The molecule has 0 N–H and O–H groups in total. The highest BCUT2D eigenvalue weighted by Crippen LogP contribution is 2.30. The number of hydrogen-bond acceptors (Lipinski definition) is 5. The molecule has 22 heavy (non-hydrogen) atoms. The van der Waals surface area contributed by atoms with Crippen molar-refractivity contribution >= 4 is 33.3 Å². The van der Waals surface area contributed by atoms with Crippen LogP contribution in [-0.4, -0.2) is 36.7 Å². The summed E-state index contributed by atoms with van der Waals surface area (Å²) in [4.78, 5) is 24.5. The Hall–Kier alpha value is -2.35. The largest absolute Gasteiger partial charge is 0.464 e. The lowest BCUT2D eigenvalue weighted by atomic mass is 10.2. The molecular weight excluding hydrogens is 354 g/mol. The molecule has 0 fully saturated rings. The number of hydrogen-bond donors (Lipinski definition) is 0. The molecule has 0 bridgehead atoms. The van der Waals surface area contributed by atoms with Gasteiger partial charge in [0, 0.05) is 36.5 Å². The number of aromatic nitrogens is 1. The zero-order chi connectivity index (χ0) is 16.4. The van der Waals surface area contributed by atoms with Crippen LogP contribution in [-0.2, 0) is 4.74 Å². The van der Waals surface area contributed by atoms with Crippen LogP contribution in [0.1, 0.15) is 10.5 Å². The molecule has 2 aromatic rings. The van der Waals surface area contributed by atoms with Gasteiger partial charge in [-0.05, 0) is 34.1 Å². The van der Waals surface area contributed by atoms with E-state index in [0.29, 0.717) is 10.2 Å². The van der Waals surface area contributed by atoms with Crippen molar-refractivity contribution in [1.82, 2.24) is 4.57 Å². The van der Waals surface area contributed by atoms with Crippen LogP contribution < -0.4 is 4.90 Å². The standard InChI is InChI=1S/C14H14BrN3O4/c1-16(2)10-4-5-11(18(20)21)12(7-10)17-8-9(15)6-13(17)14(19)22-3/h4-8H,1-3H3. The van der Waals surface area contributed by atoms with E-state index >= 15 is 0 Å². The number of nitro benzene ring substituents is 1. The molecule has 7 nitrogen and oxygen atoms in total. The predicted octanol–water partition coefficient (Wildman–Crippen LogP) is 3.00. The molecule has 0 aliphatic rings. The van der Waals surface area contributed by atoms with Gasteiger partial charge in [0.2, 0.25) is 0 Å². The first-order valence-electron chi connectivity index (χ1n) is 6.27. The number of anilines is 1. The first-order valence-corrected chi connectivity index (χ1v) is 7.06. The molecule has 0 amide bonds. The van der Waals surface area contributed by atoms with Gasteiger partial charge in [-0.25, -0.2) is 4.79 Å². The summed E-state index contributed by atoms with van der Waals surface area (Å²) in [6.45, 7) is 0. The lowest BCUT2D eigenvalue weighted by Gasteiger charge is -2.15. The van der Waals surface area contributed by atoms with Crippen LogP contribution >= 0.6 is 15.9 Å². The van der Waals surface area contributed by atoms with Crippen molar-refractivity contribution in [2.24, 2.45) is 0 Å². The fourth-order valence-corrected chi connectivity index (χ4v) is 2.45. The third kappa shape index (κ3) is 2.96. The van der Waals surface area contributed by atoms with Gasteiger partial charge in [0.1, 0.15) is 11.4 Å². The van der Waals surface area contributed by atoms with E-state index in [0.717, 1.165) is 5.69 Å². The van der Waals surface area contributed by atoms with Crippen molar-refractivity contribution in [3.63, 3.8) is 0 Å². The van der Waals surface area contributed by atoms with Crippen LogP contribution in [0.4, 0.5) is 11.4 Å². The van der Waals surface area contributed by atoms with Crippen LogP contribution in [0.5, 0.6) is 0 Å². The van der Waals surface area contributed by atoms with E-state index in [-0.39, 0.29) is 11.4 Å². The molecule has 1 aromatic heterocycles. The minimum Gasteiger partial charge on any atom is -0.464 e. The zero-order valence-corrected chi connectivity index (χ0v) is 13.8. The monoisotopic (exact) mass is 367 g/mol. The Bertz CT molecular complexity index is 740. The number of rotatable bonds is 4. The van der Waals surface area contributed by atoms with Gasteiger partial charge in [-0.3, -0.25) is 10.1 Å². The summed E-state index contributed by atoms with van der Waals surface area (Å²) in [5.74, 6) is -0.574. The van der Waals surface area contributed by atoms with Gasteiger partial charge in [-0.2, -0.15) is 0 Å². The fraction of sp³-hybridized carbons (Fsp3) is 0.214. The highest BCUT2D eigenvalue weighted by atomic mass is 79.9. The summed E-state index contributed by atoms with van der Waals surface area (Å²) >= 11 is 3.28. The normalized spacial score (nSPS) is 10.4. The third-order valence-electron chi connectivity index (χ3n) is 3.11. The van der Waals surface area contributed by atoms with Gasteiger partial charge in [0.05, 0.1) is 12.0 Å². The van der Waals surface area contributed by atoms with Crippen molar-refractivity contribution in [3.8, 4) is 5.69 Å². The van der Waals surface area contributed by atoms with E-state index in [1.165, 1.54) is 17.7 Å². The van der Waals surface area contributed by atoms with Crippen molar-refractivity contribution in [3.05, 3.63) is 50.7 Å². The molecule has 2 rings (SSSR count). The van der Waals surface area contributed by atoms with Crippen LogP contribution in [0, 0.1) is 10.1 Å². The zero-order valence-electron chi connectivity index (χ0n) is 12.2. The Kier molecular flexibility index (Phi) is 4.51. The van der Waals surface area contributed by atoms with Crippen LogP contribution in [0.25, 0.3) is 5.69 Å². The molecule has 0 radical (unpaired) electrons. The third-order valence-corrected chi connectivity index (χ3v) is 3.55. The summed E-state index contributed by atoms with van der Waals surface area (Å²) in [6.07, 6.45) is 1.59. The van der Waals surface area contributed by atoms with Gasteiger partial charge >= 0.3 is 5.97 Å². The summed E-state index contributed by atoms with van der Waals surface area (Å²) in [6, 6.07) is 6.27. The van der Waals surface area contributed by atoms with Crippen LogP contribution in [0.2, 0.25) is 0 Å². The Morgan fingerprint density at radius 3 is 2.59 bits per heavy atom. The van der Waals surface area contributed by atoms with E-state index < -0.39 is 10.9 Å². The maximum atomic E-state index is 11.9. The average molecular weight is 368 g/mol. The summed E-state index contributed by atoms with van der Waals surface area (Å²) in [5.41, 5.74) is 1.18. The molecule has 0 atom stereocenters. The van der Waals surface area contributed by atoms with Crippen molar-refractivity contribution in [1.29, 1.82) is 0 Å². The maximum absolute atomic E-state index is 11.9. The van der Waals surface area contributed by atoms with Crippen molar-refractivity contribution in [2.45, 2.75) is 0 Å². The highest BCUT2D eigenvalue weighted by Gasteiger charge is 2.22. The molecule has 0 saturated carbocycles. The minimum atomic E-state index is -0.574. The highest BCUT2D eigenvalue weighted by molar-refractivity contribution is 9.10. The van der Waals surface area contributed by atoms with E-state index in [4.69, 9.17) is 4.74 Å². The molecule has 8 heteroatoms. The van der Waals surface area contributed by atoms with Gasteiger partial charge < -0.3 is 14.2 Å². The van der Waals surface area contributed by atoms with E-state index in [1.807, 2.05) is 19.0 Å². The molecule has 0 spiro atoms. The molecule has 0 saturated heterocycles. The van der Waals surface area contributed by atoms with Crippen molar-refractivity contribution < 1.29 is 14.5 Å². The average Bonchev–Trinajstić information content (AvgIpc) is 2.87. The Morgan fingerprint density at radius 1 is 1.36 bits per heavy atom. The van der Waals surface area contributed by atoms with Gasteiger partial charge in [-0.15, -0.1) is 0 Å². The quantitative estimate of drug-likeness (QED) is 0.471. The number of nitro groups is 1. The van der Waals surface area contributed by atoms with Crippen LogP contribution in [0.15, 0.2) is 34.9 Å². The topological polar surface area (TPSA) is 77.6 Å². The summed E-state index contributed by atoms with van der Waals surface area (Å²) in [7, 11) is 4.92. The Balaban J connectivity index is 2.72. The SMILES string of the molecule is COC(=O)c1cc(Br)cn1-c1cc(N(C)C)ccc1[N+](=O)[O-]. The smallest absolute Gasteiger partial charge is 0.355 e. The molecule has 0 aliphatic heterocycles. The number of methoxy groups -OCH3 is 1. The first-order chi connectivity index (χ1) is 10.3. The van der Waals surface area contributed by atoms with Gasteiger partial charge in [0.25, 0.3) is 5.69 Å². The number of ether oxygens (including phenoxy) is 1. The minimum absolute atomic E-state index is 0.0983. The lowest BCUT2D eigenvalue weighted by molar-refractivity contribution is -0.384. The molecule has 1 heterocycles. The second-order valence-corrected chi connectivity index (χ2v) is 5.65. The fourth-order valence-electron chi connectivity index (χ4n) is 2.03. The van der Waals surface area contributed by atoms with E-state index in [9.17, 15) is 14.9 Å². The Labute approximate surface area is 135 Å². The van der Waals surface area contributed by atoms with Crippen molar-refractivity contribution in [2.75, 3.05) is 26.1 Å². The first kappa shape index (κ1) is 16.0. The van der Waals surface area contributed by atoms with Gasteiger partial charge in [-0.1, -0.05) is 0 Å². The van der Waals surface area contributed by atoms with E-state index in [2.05, 4.69) is 15.9 Å². The molecular formula is C14H14BrN3O4. The number of nitrogens with zero attached hydrogens (tertiary/aromatic N) is 3. The predicted molar refractivity (Wildman–Crippen MR) is 85.8 cm³/mol. The number of benzene rings is 1. The number of carbonyl (C=O) groups excluding carboxylic acids is 1. The summed E-state index contributed by atoms with van der Waals surface area (Å²) in [5, 5.41) is 11.3. The number of esters is 1.